The van der Waals surface area contributed by atoms with Crippen molar-refractivity contribution in [2.45, 2.75) is 16.2 Å². The normalized spacial score (nSPS) is 22.7. The van der Waals surface area contributed by atoms with Crippen molar-refractivity contribution in [2.24, 2.45) is 5.92 Å². The molecule has 0 bridgehead atoms. The van der Waals surface area contributed by atoms with Crippen molar-refractivity contribution in [3.63, 3.8) is 0 Å². The van der Waals surface area contributed by atoms with Crippen molar-refractivity contribution in [1.82, 2.24) is 4.98 Å². The number of hydrogen-bond acceptors (Lipinski definition) is 7. The fraction of sp³-hybridized carbons (Fsp3) is 0.150. The van der Waals surface area contributed by atoms with Crippen molar-refractivity contribution >= 4 is 58.5 Å². The molecule has 2 amide bonds. The van der Waals surface area contributed by atoms with Crippen LogP contribution in [0, 0.1) is 20.0 Å². The molecule has 3 atom stereocenters. The van der Waals surface area contributed by atoms with Gasteiger partial charge >= 0.3 is 0 Å². The number of nitrogens with one attached hydrogen (secondary N) is 1. The van der Waals surface area contributed by atoms with Gasteiger partial charge in [0.25, 0.3) is 5.69 Å². The Kier molecular flexibility index (Phi) is 4.57. The van der Waals surface area contributed by atoms with Gasteiger partial charge in [-0.1, -0.05) is 42.1 Å². The third kappa shape index (κ3) is 2.91. The highest BCUT2D eigenvalue weighted by atomic mass is 32.2. The fourth-order valence-electron chi connectivity index (χ4n) is 4.01. The van der Waals surface area contributed by atoms with E-state index in [0.717, 1.165) is 20.4 Å². The first kappa shape index (κ1) is 19.2. The first-order valence-corrected chi connectivity index (χ1v) is 11.1. The minimum absolute atomic E-state index is 0.0958. The van der Waals surface area contributed by atoms with Gasteiger partial charge in [0, 0.05) is 22.9 Å². The first-order chi connectivity index (χ1) is 14.5. The van der Waals surface area contributed by atoms with Gasteiger partial charge in [-0.15, -0.1) is 11.3 Å². The molecule has 0 saturated carbocycles. The summed E-state index contributed by atoms with van der Waals surface area (Å²) in [6.45, 7) is 0. The van der Waals surface area contributed by atoms with Crippen LogP contribution in [0.25, 0.3) is 0 Å². The number of imide groups is 1. The van der Waals surface area contributed by atoms with E-state index in [2.05, 4.69) is 4.98 Å². The number of aromatic amines is 1. The average Bonchev–Trinajstić information content (AvgIpc) is 3.23. The Morgan fingerprint density at radius 2 is 1.73 bits per heavy atom. The summed E-state index contributed by atoms with van der Waals surface area (Å²) in [6, 6.07) is 15.1. The van der Waals surface area contributed by atoms with Gasteiger partial charge in [0.15, 0.2) is 3.95 Å². The van der Waals surface area contributed by atoms with E-state index in [1.54, 1.807) is 0 Å². The summed E-state index contributed by atoms with van der Waals surface area (Å²) in [4.78, 5) is 42.5. The molecule has 1 N–H and O–H groups in total. The zero-order chi connectivity index (χ0) is 21.0. The number of thiazole rings is 1. The first-order valence-electron chi connectivity index (χ1n) is 9.02. The number of benzene rings is 2. The van der Waals surface area contributed by atoms with Crippen LogP contribution in [0.3, 0.4) is 0 Å². The van der Waals surface area contributed by atoms with Gasteiger partial charge in [0.1, 0.15) is 5.25 Å². The number of hydrogen-bond donors (Lipinski definition) is 1. The number of amides is 2. The van der Waals surface area contributed by atoms with Crippen molar-refractivity contribution in [3.8, 4) is 0 Å². The Morgan fingerprint density at radius 3 is 2.40 bits per heavy atom. The van der Waals surface area contributed by atoms with Gasteiger partial charge in [0.2, 0.25) is 11.8 Å². The number of anilines is 1. The van der Waals surface area contributed by atoms with E-state index in [0.29, 0.717) is 9.64 Å². The number of thioether (sulfide) groups is 1. The molecule has 0 spiro atoms. The lowest BCUT2D eigenvalue weighted by molar-refractivity contribution is -0.384. The van der Waals surface area contributed by atoms with E-state index in [-0.39, 0.29) is 23.4 Å². The number of non-ortho nitro benzene ring substituents is 1. The van der Waals surface area contributed by atoms with Crippen molar-refractivity contribution in [2.75, 3.05) is 4.90 Å². The summed E-state index contributed by atoms with van der Waals surface area (Å²) >= 11 is 8.08. The molecule has 10 heteroatoms. The monoisotopic (exact) mass is 455 g/mol. The van der Waals surface area contributed by atoms with E-state index in [1.807, 2.05) is 30.3 Å². The molecule has 0 radical (unpaired) electrons. The van der Waals surface area contributed by atoms with E-state index >= 15 is 0 Å². The summed E-state index contributed by atoms with van der Waals surface area (Å²) in [5.74, 6) is -1.48. The zero-order valence-electron chi connectivity index (χ0n) is 15.2. The van der Waals surface area contributed by atoms with Crippen LogP contribution >= 0.6 is 35.3 Å². The summed E-state index contributed by atoms with van der Waals surface area (Å²) in [5, 5.41) is 11.2. The fourth-order valence-corrected chi connectivity index (χ4v) is 6.98. The summed E-state index contributed by atoms with van der Waals surface area (Å²) in [5.41, 5.74) is 1.20. The van der Waals surface area contributed by atoms with E-state index < -0.39 is 16.1 Å². The summed E-state index contributed by atoms with van der Waals surface area (Å²) in [6.07, 6.45) is 0. The predicted molar refractivity (Wildman–Crippen MR) is 117 cm³/mol. The second-order valence-electron chi connectivity index (χ2n) is 6.95. The van der Waals surface area contributed by atoms with Crippen LogP contribution in [-0.4, -0.2) is 27.0 Å². The second kappa shape index (κ2) is 7.15. The third-order valence-electron chi connectivity index (χ3n) is 5.30. The number of nitrogens with zero attached hydrogens (tertiary/aromatic N) is 2. The van der Waals surface area contributed by atoms with Crippen LogP contribution in [0.15, 0.2) is 59.6 Å². The van der Waals surface area contributed by atoms with E-state index in [9.17, 15) is 19.7 Å². The standard InChI is InChI=1S/C20H13N3O4S3/c24-18-14-13(10-4-2-1-3-5-10)15-17(21-20(28)30-15)29-16(14)19(25)22(18)11-6-8-12(9-7-11)23(26)27/h1-9,13-14,16H,(H,21,28). The molecule has 30 heavy (non-hydrogen) atoms. The lowest BCUT2D eigenvalue weighted by atomic mass is 9.83. The lowest BCUT2D eigenvalue weighted by Gasteiger charge is -2.29. The molecule has 3 aromatic rings. The smallest absolute Gasteiger partial charge is 0.269 e. The molecule has 7 nitrogen and oxygen atoms in total. The molecule has 2 aliphatic heterocycles. The SMILES string of the molecule is O=C1C2Sc3[nH]c(=S)sc3C(c3ccccc3)C2C(=O)N1c1ccc([N+](=O)[O-])cc1. The van der Waals surface area contributed by atoms with Crippen LogP contribution in [0.2, 0.25) is 0 Å². The maximum Gasteiger partial charge on any atom is 0.269 e. The van der Waals surface area contributed by atoms with Crippen LogP contribution in [0.5, 0.6) is 0 Å². The van der Waals surface area contributed by atoms with Crippen LogP contribution < -0.4 is 4.90 Å². The topological polar surface area (TPSA) is 96.3 Å². The second-order valence-corrected chi connectivity index (χ2v) is 9.82. The van der Waals surface area contributed by atoms with Crippen LogP contribution in [0.1, 0.15) is 16.4 Å². The third-order valence-corrected chi connectivity index (χ3v) is 8.05. The highest BCUT2D eigenvalue weighted by Crippen LogP contribution is 2.53. The quantitative estimate of drug-likeness (QED) is 0.270. The number of nitro groups is 1. The Labute approximate surface area is 183 Å². The van der Waals surface area contributed by atoms with Crippen molar-refractivity contribution in [1.29, 1.82) is 0 Å². The van der Waals surface area contributed by atoms with Crippen LogP contribution in [0.4, 0.5) is 11.4 Å². The zero-order valence-corrected chi connectivity index (χ0v) is 17.6. The van der Waals surface area contributed by atoms with Crippen LogP contribution in [-0.2, 0) is 9.59 Å². The molecule has 2 aromatic carbocycles. The van der Waals surface area contributed by atoms with E-state index in [4.69, 9.17) is 12.2 Å². The molecular weight excluding hydrogens is 442 g/mol. The number of rotatable bonds is 3. The molecule has 5 rings (SSSR count). The molecule has 1 saturated heterocycles. The van der Waals surface area contributed by atoms with Gasteiger partial charge in [-0.2, -0.15) is 0 Å². The Hall–Kier alpha value is -2.82. The summed E-state index contributed by atoms with van der Waals surface area (Å²) < 4.78 is 0.612. The minimum atomic E-state index is -0.592. The van der Waals surface area contributed by atoms with E-state index in [1.165, 1.54) is 47.4 Å². The number of carbonyl (C=O) groups is 2. The number of aromatic nitrogens is 1. The predicted octanol–water partition coefficient (Wildman–Crippen LogP) is 4.51. The maximum atomic E-state index is 13.5. The summed E-state index contributed by atoms with van der Waals surface area (Å²) in [7, 11) is 0. The Morgan fingerprint density at radius 1 is 1.03 bits per heavy atom. The number of carbonyl (C=O) groups excluding carboxylic acids is 2. The molecule has 3 heterocycles. The molecule has 1 fully saturated rings. The molecule has 2 aliphatic rings. The molecule has 150 valence electrons. The van der Waals surface area contributed by atoms with Crippen molar-refractivity contribution in [3.05, 3.63) is 79.1 Å². The maximum absolute atomic E-state index is 13.5. The largest absolute Gasteiger partial charge is 0.332 e. The minimum Gasteiger partial charge on any atom is -0.332 e. The molecule has 3 unspecified atom stereocenters. The van der Waals surface area contributed by atoms with Gasteiger partial charge in [-0.3, -0.25) is 19.7 Å². The number of H-pyrrole nitrogens is 1. The average molecular weight is 456 g/mol. The molecule has 0 aliphatic carbocycles. The molecular formula is C20H13N3O4S3. The number of fused-ring (bicyclic) bond motifs is 2. The Balaban J connectivity index is 1.61. The highest BCUT2D eigenvalue weighted by Gasteiger charge is 2.56. The van der Waals surface area contributed by atoms with Gasteiger partial charge in [-0.25, -0.2) is 4.90 Å². The molecule has 1 aromatic heterocycles. The van der Waals surface area contributed by atoms with Gasteiger partial charge < -0.3 is 4.98 Å². The van der Waals surface area contributed by atoms with Gasteiger partial charge in [0.05, 0.1) is 21.6 Å². The van der Waals surface area contributed by atoms with Gasteiger partial charge in [-0.05, 0) is 29.9 Å². The Bertz CT molecular complexity index is 1240. The number of nitro benzene ring substituents is 1. The van der Waals surface area contributed by atoms with Crippen molar-refractivity contribution < 1.29 is 14.5 Å². The lowest BCUT2D eigenvalue weighted by Crippen LogP contribution is -2.32. The highest BCUT2D eigenvalue weighted by molar-refractivity contribution is 8.01.